The van der Waals surface area contributed by atoms with Crippen molar-refractivity contribution in [2.45, 2.75) is 0 Å². The van der Waals surface area contributed by atoms with Crippen LogP contribution in [0.3, 0.4) is 0 Å². The van der Waals surface area contributed by atoms with Crippen molar-refractivity contribution in [1.82, 2.24) is 15.6 Å². The molecule has 0 atom stereocenters. The van der Waals surface area contributed by atoms with Crippen LogP contribution in [0.15, 0.2) is 35.4 Å². The molecule has 0 spiro atoms. The fourth-order valence-electron chi connectivity index (χ4n) is 2.39. The van der Waals surface area contributed by atoms with E-state index < -0.39 is 5.91 Å². The van der Waals surface area contributed by atoms with Crippen LogP contribution in [0.25, 0.3) is 10.6 Å². The maximum Gasteiger partial charge on any atom is 0.291 e. The monoisotopic (exact) mass is 420 g/mol. The Morgan fingerprint density at radius 2 is 1.86 bits per heavy atom. The number of amides is 1. The number of aromatic nitrogens is 2. The molecule has 3 rings (SSSR count). The average molecular weight is 421 g/mol. The van der Waals surface area contributed by atoms with Crippen LogP contribution in [0, 0.1) is 0 Å². The lowest BCUT2D eigenvalue weighted by Crippen LogP contribution is -2.18. The average Bonchev–Trinajstić information content (AvgIpc) is 3.36. The summed E-state index contributed by atoms with van der Waals surface area (Å²) in [6.07, 6.45) is 1.45. The van der Waals surface area contributed by atoms with Gasteiger partial charge in [-0.25, -0.2) is 5.43 Å². The van der Waals surface area contributed by atoms with Gasteiger partial charge >= 0.3 is 0 Å². The summed E-state index contributed by atoms with van der Waals surface area (Å²) in [6.45, 7) is 0. The molecule has 10 heteroatoms. The third-order valence-electron chi connectivity index (χ3n) is 3.75. The van der Waals surface area contributed by atoms with Crippen LogP contribution in [-0.2, 0) is 0 Å². The molecule has 2 aromatic heterocycles. The van der Waals surface area contributed by atoms with E-state index in [-0.39, 0.29) is 5.69 Å². The second-order valence-electron chi connectivity index (χ2n) is 5.42. The Balaban J connectivity index is 1.72. The first-order chi connectivity index (χ1) is 13.5. The number of thiophene rings is 1. The maximum absolute atomic E-state index is 12.3. The Hall–Kier alpha value is -3.04. The molecule has 0 aliphatic heterocycles. The summed E-state index contributed by atoms with van der Waals surface area (Å²) in [5.74, 6) is 1.11. The van der Waals surface area contributed by atoms with Crippen LogP contribution in [-0.4, -0.2) is 43.6 Å². The van der Waals surface area contributed by atoms with Crippen molar-refractivity contribution in [3.63, 3.8) is 0 Å². The van der Waals surface area contributed by atoms with Crippen molar-refractivity contribution in [3.05, 3.63) is 45.9 Å². The fourth-order valence-corrected chi connectivity index (χ4v) is 3.40. The number of methoxy groups -OCH3 is 3. The zero-order chi connectivity index (χ0) is 20.1. The molecule has 0 unspecified atom stereocenters. The molecule has 1 amide bonds. The summed E-state index contributed by atoms with van der Waals surface area (Å²) in [6, 6.07) is 8.63. The summed E-state index contributed by atoms with van der Waals surface area (Å²) < 4.78 is 16.5. The van der Waals surface area contributed by atoms with Gasteiger partial charge in [0.15, 0.2) is 17.2 Å². The van der Waals surface area contributed by atoms with E-state index in [9.17, 15) is 4.79 Å². The number of rotatable bonds is 7. The molecule has 0 aliphatic carbocycles. The summed E-state index contributed by atoms with van der Waals surface area (Å²) in [5.41, 5.74) is 3.95. The quantitative estimate of drug-likeness (QED) is 0.449. The first-order valence-electron chi connectivity index (χ1n) is 8.00. The molecule has 0 fully saturated rings. The van der Waals surface area contributed by atoms with Crippen molar-refractivity contribution in [2.75, 3.05) is 21.3 Å². The standard InChI is InChI=1S/C18H17ClN4O4S/c1-25-13-8-15(27-3)14(26-2)6-10(13)9-20-23-18(24)12-7-11(21-22-12)16-4-5-17(19)28-16/h4-9H,1-3H3,(H,21,22)(H,23,24)/b20-9+. The topological polar surface area (TPSA) is 97.8 Å². The highest BCUT2D eigenvalue weighted by Crippen LogP contribution is 2.33. The molecule has 2 heterocycles. The highest BCUT2D eigenvalue weighted by atomic mass is 35.5. The van der Waals surface area contributed by atoms with Crippen LogP contribution < -0.4 is 19.6 Å². The lowest BCUT2D eigenvalue weighted by Gasteiger charge is -2.11. The third-order valence-corrected chi connectivity index (χ3v) is 5.02. The number of hydrogen-bond donors (Lipinski definition) is 2. The summed E-state index contributed by atoms with van der Waals surface area (Å²) in [5, 5.41) is 10.8. The Labute approximate surface area is 170 Å². The van der Waals surface area contributed by atoms with Crippen molar-refractivity contribution in [2.24, 2.45) is 5.10 Å². The Bertz CT molecular complexity index is 1010. The molecular formula is C18H17ClN4O4S. The number of hydrazone groups is 1. The lowest BCUT2D eigenvalue weighted by molar-refractivity contribution is 0.0950. The molecule has 0 saturated carbocycles. The highest BCUT2D eigenvalue weighted by Gasteiger charge is 2.13. The molecule has 0 bridgehead atoms. The van der Waals surface area contributed by atoms with E-state index in [4.69, 9.17) is 25.8 Å². The van der Waals surface area contributed by atoms with E-state index in [0.29, 0.717) is 32.8 Å². The minimum Gasteiger partial charge on any atom is -0.496 e. The zero-order valence-corrected chi connectivity index (χ0v) is 16.9. The van der Waals surface area contributed by atoms with Crippen molar-refractivity contribution in [1.29, 1.82) is 0 Å². The van der Waals surface area contributed by atoms with Gasteiger partial charge in [-0.05, 0) is 24.3 Å². The molecule has 0 saturated heterocycles. The Morgan fingerprint density at radius 3 is 2.50 bits per heavy atom. The van der Waals surface area contributed by atoms with Gasteiger partial charge in [0.1, 0.15) is 5.75 Å². The predicted molar refractivity (Wildman–Crippen MR) is 108 cm³/mol. The number of hydrogen-bond acceptors (Lipinski definition) is 7. The Morgan fingerprint density at radius 1 is 1.14 bits per heavy atom. The number of halogens is 1. The molecule has 0 aliphatic rings. The molecule has 3 aromatic rings. The van der Waals surface area contributed by atoms with Crippen LogP contribution in [0.2, 0.25) is 4.34 Å². The fraction of sp³-hybridized carbons (Fsp3) is 0.167. The number of H-pyrrole nitrogens is 1. The number of nitrogens with zero attached hydrogens (tertiary/aromatic N) is 2. The molecule has 0 radical (unpaired) electrons. The summed E-state index contributed by atoms with van der Waals surface area (Å²) in [7, 11) is 4.59. The Kier molecular flexibility index (Phi) is 6.17. The van der Waals surface area contributed by atoms with E-state index in [0.717, 1.165) is 4.88 Å². The van der Waals surface area contributed by atoms with Gasteiger partial charge in [0.25, 0.3) is 5.91 Å². The van der Waals surface area contributed by atoms with Gasteiger partial charge in [0.2, 0.25) is 0 Å². The second-order valence-corrected chi connectivity index (χ2v) is 7.13. The van der Waals surface area contributed by atoms with Gasteiger partial charge in [-0.1, -0.05) is 11.6 Å². The van der Waals surface area contributed by atoms with Gasteiger partial charge in [0, 0.05) is 11.6 Å². The van der Waals surface area contributed by atoms with Crippen LogP contribution in [0.1, 0.15) is 16.1 Å². The highest BCUT2D eigenvalue weighted by molar-refractivity contribution is 7.19. The van der Waals surface area contributed by atoms with E-state index >= 15 is 0 Å². The minimum atomic E-state index is -0.458. The van der Waals surface area contributed by atoms with Crippen molar-refractivity contribution >= 4 is 35.1 Å². The summed E-state index contributed by atoms with van der Waals surface area (Å²) >= 11 is 7.32. The molecular weight excluding hydrogens is 404 g/mol. The van der Waals surface area contributed by atoms with Gasteiger partial charge in [-0.3, -0.25) is 9.89 Å². The van der Waals surface area contributed by atoms with Crippen molar-refractivity contribution < 1.29 is 19.0 Å². The normalized spacial score (nSPS) is 10.9. The maximum atomic E-state index is 12.3. The predicted octanol–water partition coefficient (Wildman–Crippen LogP) is 3.58. The first-order valence-corrected chi connectivity index (χ1v) is 9.19. The number of ether oxygens (including phenoxy) is 3. The molecule has 8 nitrogen and oxygen atoms in total. The van der Waals surface area contributed by atoms with E-state index in [1.807, 2.05) is 6.07 Å². The van der Waals surface area contributed by atoms with Crippen LogP contribution in [0.5, 0.6) is 17.2 Å². The van der Waals surface area contributed by atoms with Gasteiger partial charge in [0.05, 0.1) is 42.5 Å². The van der Waals surface area contributed by atoms with Gasteiger partial charge in [-0.2, -0.15) is 10.2 Å². The number of carbonyl (C=O) groups excluding carboxylic acids is 1. The number of aromatic amines is 1. The molecule has 2 N–H and O–H groups in total. The van der Waals surface area contributed by atoms with E-state index in [1.165, 1.54) is 38.9 Å². The SMILES string of the molecule is COc1cc(OC)c(OC)cc1/C=N/NC(=O)c1cc(-c2ccc(Cl)s2)[nH]n1. The van der Waals surface area contributed by atoms with Crippen molar-refractivity contribution in [3.8, 4) is 27.8 Å². The number of carbonyl (C=O) groups is 1. The first kappa shape index (κ1) is 19.7. The minimum absolute atomic E-state index is 0.205. The van der Waals surface area contributed by atoms with Crippen LogP contribution in [0.4, 0.5) is 0 Å². The van der Waals surface area contributed by atoms with Gasteiger partial charge in [-0.15, -0.1) is 11.3 Å². The number of nitrogens with one attached hydrogen (secondary N) is 2. The molecule has 1 aromatic carbocycles. The van der Waals surface area contributed by atoms with E-state index in [2.05, 4.69) is 20.7 Å². The third kappa shape index (κ3) is 4.26. The van der Waals surface area contributed by atoms with E-state index in [1.54, 1.807) is 24.3 Å². The smallest absolute Gasteiger partial charge is 0.291 e. The zero-order valence-electron chi connectivity index (χ0n) is 15.3. The largest absolute Gasteiger partial charge is 0.496 e. The molecule has 28 heavy (non-hydrogen) atoms. The van der Waals surface area contributed by atoms with Gasteiger partial charge < -0.3 is 14.2 Å². The number of benzene rings is 1. The second kappa shape index (κ2) is 8.77. The van der Waals surface area contributed by atoms with Crippen LogP contribution >= 0.6 is 22.9 Å². The molecule has 146 valence electrons. The lowest BCUT2D eigenvalue weighted by atomic mass is 10.2. The summed E-state index contributed by atoms with van der Waals surface area (Å²) in [4.78, 5) is 13.1.